The highest BCUT2D eigenvalue weighted by Gasteiger charge is 2.07. The molecule has 1 nitrogen and oxygen atoms in total. The minimum atomic E-state index is 0.00750. The van der Waals surface area contributed by atoms with Gasteiger partial charge in [-0.05, 0) is 13.8 Å². The molecular weight excluding hydrogens is 196 g/mol. The van der Waals surface area contributed by atoms with Crippen molar-refractivity contribution in [3.05, 3.63) is 71.8 Å². The van der Waals surface area contributed by atoms with E-state index >= 15 is 0 Å². The highest BCUT2D eigenvalue weighted by atomic mass is 16.1. The van der Waals surface area contributed by atoms with Crippen molar-refractivity contribution < 1.29 is 4.79 Å². The maximum Gasteiger partial charge on any atom is 0.192 e. The molecule has 82 valence electrons. The number of carbonyl (C=O) groups excluding carboxylic acids is 1. The van der Waals surface area contributed by atoms with Gasteiger partial charge in [-0.1, -0.05) is 60.7 Å². The number of benzene rings is 1. The summed E-state index contributed by atoms with van der Waals surface area (Å²) >= 11 is 0. The minimum absolute atomic E-state index is 0.00750. The molecular formula is C15H16O. The number of ketones is 1. The first-order valence-electron chi connectivity index (χ1n) is 5.26. The summed E-state index contributed by atoms with van der Waals surface area (Å²) in [7, 11) is 0. The smallest absolute Gasteiger partial charge is 0.192 e. The molecule has 1 aromatic rings. The molecule has 0 aliphatic carbocycles. The molecule has 0 N–H and O–H groups in total. The van der Waals surface area contributed by atoms with E-state index in [1.165, 1.54) is 0 Å². The van der Waals surface area contributed by atoms with E-state index in [9.17, 15) is 4.79 Å². The fourth-order valence-electron chi connectivity index (χ4n) is 1.31. The minimum Gasteiger partial charge on any atom is -0.289 e. The van der Waals surface area contributed by atoms with Gasteiger partial charge in [0.15, 0.2) is 5.78 Å². The molecule has 16 heavy (non-hydrogen) atoms. The first-order chi connectivity index (χ1) is 7.69. The Morgan fingerprint density at radius 1 is 1.25 bits per heavy atom. The van der Waals surface area contributed by atoms with E-state index in [1.54, 1.807) is 12.2 Å². The summed E-state index contributed by atoms with van der Waals surface area (Å²) in [5, 5.41) is 0. The predicted octanol–water partition coefficient (Wildman–Crippen LogP) is 3.87. The van der Waals surface area contributed by atoms with Crippen LogP contribution in [0.5, 0.6) is 0 Å². The van der Waals surface area contributed by atoms with Gasteiger partial charge < -0.3 is 0 Å². The van der Waals surface area contributed by atoms with E-state index in [1.807, 2.05) is 50.3 Å². The van der Waals surface area contributed by atoms with Gasteiger partial charge in [0.1, 0.15) is 0 Å². The quantitative estimate of drug-likeness (QED) is 0.420. The summed E-state index contributed by atoms with van der Waals surface area (Å²) in [4.78, 5) is 12.0. The Morgan fingerprint density at radius 2 is 1.88 bits per heavy atom. The number of aryl methyl sites for hydroxylation is 1. The van der Waals surface area contributed by atoms with E-state index in [4.69, 9.17) is 0 Å². The molecule has 1 aromatic carbocycles. The maximum absolute atomic E-state index is 12.0. The summed E-state index contributed by atoms with van der Waals surface area (Å²) < 4.78 is 0. The largest absolute Gasteiger partial charge is 0.289 e. The third kappa shape index (κ3) is 3.06. The van der Waals surface area contributed by atoms with E-state index in [0.717, 1.165) is 5.56 Å². The third-order valence-corrected chi connectivity index (χ3v) is 2.26. The molecule has 0 saturated heterocycles. The second-order valence-corrected chi connectivity index (χ2v) is 3.55. The van der Waals surface area contributed by atoms with Crippen LogP contribution in [0.3, 0.4) is 0 Å². The predicted molar refractivity (Wildman–Crippen MR) is 68.6 cm³/mol. The molecule has 0 aromatic heterocycles. The molecule has 0 aliphatic rings. The first-order valence-corrected chi connectivity index (χ1v) is 5.26. The van der Waals surface area contributed by atoms with Gasteiger partial charge >= 0.3 is 0 Å². The summed E-state index contributed by atoms with van der Waals surface area (Å²) in [6.07, 6.45) is 7.08. The van der Waals surface area contributed by atoms with Crippen LogP contribution in [-0.4, -0.2) is 5.78 Å². The van der Waals surface area contributed by atoms with Crippen LogP contribution in [-0.2, 0) is 0 Å². The Kier molecular flexibility index (Phi) is 4.46. The van der Waals surface area contributed by atoms with E-state index in [0.29, 0.717) is 11.1 Å². The molecule has 0 aliphatic heterocycles. The molecule has 1 heteroatoms. The number of carbonyl (C=O) groups is 1. The van der Waals surface area contributed by atoms with Crippen LogP contribution in [0.25, 0.3) is 0 Å². The first kappa shape index (κ1) is 12.2. The molecule has 0 radical (unpaired) electrons. The zero-order valence-electron chi connectivity index (χ0n) is 9.73. The number of Topliss-reactive ketones (excluding diaryl/α,β-unsaturated/α-hetero) is 1. The van der Waals surface area contributed by atoms with Crippen molar-refractivity contribution in [2.45, 2.75) is 13.8 Å². The SMILES string of the molecule is C=C/C(=C\C=C\C)C(=O)c1ccc(C)cc1. The van der Waals surface area contributed by atoms with Crippen molar-refractivity contribution in [3.8, 4) is 0 Å². The summed E-state index contributed by atoms with van der Waals surface area (Å²) in [5.41, 5.74) is 2.46. The zero-order chi connectivity index (χ0) is 12.0. The monoisotopic (exact) mass is 212 g/mol. The fourth-order valence-corrected chi connectivity index (χ4v) is 1.31. The number of hydrogen-bond donors (Lipinski definition) is 0. The molecule has 0 spiro atoms. The molecule has 0 fully saturated rings. The van der Waals surface area contributed by atoms with Crippen molar-refractivity contribution in [3.63, 3.8) is 0 Å². The van der Waals surface area contributed by atoms with Crippen LogP contribution in [0.4, 0.5) is 0 Å². The van der Waals surface area contributed by atoms with Gasteiger partial charge in [0.05, 0.1) is 0 Å². The normalized spacial score (nSPS) is 11.8. The Hall–Kier alpha value is -1.89. The molecule has 0 atom stereocenters. The molecule has 1 rings (SSSR count). The maximum atomic E-state index is 12.0. The fraction of sp³-hybridized carbons (Fsp3) is 0.133. The van der Waals surface area contributed by atoms with Gasteiger partial charge in [-0.15, -0.1) is 0 Å². The molecule has 0 unspecified atom stereocenters. The number of rotatable bonds is 4. The lowest BCUT2D eigenvalue weighted by Crippen LogP contribution is -2.00. The highest BCUT2D eigenvalue weighted by molar-refractivity contribution is 6.10. The Labute approximate surface area is 96.8 Å². The lowest BCUT2D eigenvalue weighted by Gasteiger charge is -2.01. The van der Waals surface area contributed by atoms with Gasteiger partial charge in [-0.2, -0.15) is 0 Å². The van der Waals surface area contributed by atoms with Crippen molar-refractivity contribution >= 4 is 5.78 Å². The number of hydrogen-bond acceptors (Lipinski definition) is 1. The second-order valence-electron chi connectivity index (χ2n) is 3.55. The lowest BCUT2D eigenvalue weighted by molar-refractivity contribution is 0.103. The van der Waals surface area contributed by atoms with Crippen molar-refractivity contribution in [1.29, 1.82) is 0 Å². The Morgan fingerprint density at radius 3 is 2.38 bits per heavy atom. The molecule has 0 saturated carbocycles. The Bertz CT molecular complexity index is 433. The van der Waals surface area contributed by atoms with Crippen LogP contribution in [0.1, 0.15) is 22.8 Å². The van der Waals surface area contributed by atoms with Crippen LogP contribution < -0.4 is 0 Å². The van der Waals surface area contributed by atoms with Crippen LogP contribution in [0.15, 0.2) is 60.7 Å². The average molecular weight is 212 g/mol. The molecule has 0 amide bonds. The zero-order valence-corrected chi connectivity index (χ0v) is 9.73. The highest BCUT2D eigenvalue weighted by Crippen LogP contribution is 2.10. The van der Waals surface area contributed by atoms with Gasteiger partial charge in [0, 0.05) is 11.1 Å². The van der Waals surface area contributed by atoms with Crippen LogP contribution in [0, 0.1) is 6.92 Å². The second kappa shape index (κ2) is 5.86. The van der Waals surface area contributed by atoms with Crippen molar-refractivity contribution in [2.24, 2.45) is 0 Å². The number of allylic oxidation sites excluding steroid dienone is 5. The lowest BCUT2D eigenvalue weighted by atomic mass is 10.0. The van der Waals surface area contributed by atoms with Crippen LogP contribution in [0.2, 0.25) is 0 Å². The van der Waals surface area contributed by atoms with Gasteiger partial charge in [-0.25, -0.2) is 0 Å². The molecule has 0 heterocycles. The van der Waals surface area contributed by atoms with E-state index < -0.39 is 0 Å². The molecule has 0 bridgehead atoms. The summed E-state index contributed by atoms with van der Waals surface area (Å²) in [5.74, 6) is 0.00750. The van der Waals surface area contributed by atoms with Crippen LogP contribution >= 0.6 is 0 Å². The van der Waals surface area contributed by atoms with Crippen molar-refractivity contribution in [1.82, 2.24) is 0 Å². The standard InChI is InChI=1S/C15H16O/c1-4-6-7-13(5-2)15(16)14-10-8-12(3)9-11-14/h4-11H,2H2,1,3H3/b6-4+,13-7+. The van der Waals surface area contributed by atoms with Gasteiger partial charge in [-0.3, -0.25) is 4.79 Å². The summed E-state index contributed by atoms with van der Waals surface area (Å²) in [6, 6.07) is 7.54. The Balaban J connectivity index is 3.00. The van der Waals surface area contributed by atoms with Crippen molar-refractivity contribution in [2.75, 3.05) is 0 Å². The van der Waals surface area contributed by atoms with E-state index in [2.05, 4.69) is 6.58 Å². The van der Waals surface area contributed by atoms with Gasteiger partial charge in [0.2, 0.25) is 0 Å². The topological polar surface area (TPSA) is 17.1 Å². The van der Waals surface area contributed by atoms with Gasteiger partial charge in [0.25, 0.3) is 0 Å². The average Bonchev–Trinajstić information content (AvgIpc) is 2.30. The third-order valence-electron chi connectivity index (χ3n) is 2.26. The van der Waals surface area contributed by atoms with E-state index in [-0.39, 0.29) is 5.78 Å². The summed E-state index contributed by atoms with van der Waals surface area (Å²) in [6.45, 7) is 7.56.